The topological polar surface area (TPSA) is 29.5 Å². The lowest BCUT2D eigenvalue weighted by Crippen LogP contribution is -2.34. The largest absolute Gasteiger partial charge is 0.382 e. The highest BCUT2D eigenvalue weighted by molar-refractivity contribution is 5.38. The van der Waals surface area contributed by atoms with Crippen LogP contribution in [0, 0.1) is 13.8 Å². The summed E-state index contributed by atoms with van der Waals surface area (Å²) in [6.07, 6.45) is 0.580. The smallest absolute Gasteiger partial charge is 0.118 e. The highest BCUT2D eigenvalue weighted by Crippen LogP contribution is 2.37. The van der Waals surface area contributed by atoms with E-state index in [1.54, 1.807) is 0 Å². The Bertz CT molecular complexity index is 373. The first-order chi connectivity index (χ1) is 7.05. The second-order valence-electron chi connectivity index (χ2n) is 4.43. The summed E-state index contributed by atoms with van der Waals surface area (Å²) in [6.45, 7) is 6.72. The summed E-state index contributed by atoms with van der Waals surface area (Å²) in [5, 5.41) is 10.6. The van der Waals surface area contributed by atoms with E-state index in [1.807, 2.05) is 19.1 Å². The van der Waals surface area contributed by atoms with Crippen molar-refractivity contribution in [2.75, 3.05) is 6.61 Å². The molecule has 0 saturated carbocycles. The van der Waals surface area contributed by atoms with Gasteiger partial charge >= 0.3 is 0 Å². The Kier molecular flexibility index (Phi) is 2.57. The maximum atomic E-state index is 10.6. The number of aliphatic hydroxyl groups is 1. The molecule has 0 amide bonds. The zero-order valence-corrected chi connectivity index (χ0v) is 9.58. The van der Waals surface area contributed by atoms with Crippen LogP contribution in [0.15, 0.2) is 18.2 Å². The van der Waals surface area contributed by atoms with Crippen molar-refractivity contribution < 1.29 is 9.84 Å². The van der Waals surface area contributed by atoms with Crippen LogP contribution in [0.2, 0.25) is 0 Å². The number of hydrogen-bond acceptors (Lipinski definition) is 2. The third kappa shape index (κ3) is 1.58. The molecule has 2 atom stereocenters. The van der Waals surface area contributed by atoms with E-state index in [9.17, 15) is 5.11 Å². The van der Waals surface area contributed by atoms with Crippen molar-refractivity contribution >= 4 is 0 Å². The number of hydrogen-bond donors (Lipinski definition) is 1. The van der Waals surface area contributed by atoms with Crippen molar-refractivity contribution in [1.29, 1.82) is 0 Å². The lowest BCUT2D eigenvalue weighted by molar-refractivity contribution is -0.0321. The van der Waals surface area contributed by atoms with Gasteiger partial charge in [-0.3, -0.25) is 0 Å². The lowest BCUT2D eigenvalue weighted by Gasteiger charge is -2.28. The van der Waals surface area contributed by atoms with E-state index in [4.69, 9.17) is 4.74 Å². The Morgan fingerprint density at radius 3 is 2.73 bits per heavy atom. The Morgan fingerprint density at radius 1 is 1.40 bits per heavy atom. The Balaban J connectivity index is 2.49. The van der Waals surface area contributed by atoms with Gasteiger partial charge in [0, 0.05) is 6.42 Å². The van der Waals surface area contributed by atoms with Crippen molar-refractivity contribution in [3.05, 3.63) is 34.9 Å². The SMILES string of the molecule is Cc1cccc(C2(O)CCOC2C)c1C. The first kappa shape index (κ1) is 10.7. The third-order valence-electron chi connectivity index (χ3n) is 3.59. The van der Waals surface area contributed by atoms with E-state index in [1.165, 1.54) is 11.1 Å². The summed E-state index contributed by atoms with van der Waals surface area (Å²) >= 11 is 0. The van der Waals surface area contributed by atoms with Crippen LogP contribution < -0.4 is 0 Å². The summed E-state index contributed by atoms with van der Waals surface area (Å²) < 4.78 is 5.47. The van der Waals surface area contributed by atoms with Gasteiger partial charge in [0.15, 0.2) is 0 Å². The predicted molar refractivity (Wildman–Crippen MR) is 59.8 cm³/mol. The minimum absolute atomic E-state index is 0.113. The van der Waals surface area contributed by atoms with Crippen LogP contribution in [0.25, 0.3) is 0 Å². The molecule has 2 heteroatoms. The van der Waals surface area contributed by atoms with Crippen LogP contribution in [0.4, 0.5) is 0 Å². The summed E-state index contributed by atoms with van der Waals surface area (Å²) in [4.78, 5) is 0. The lowest BCUT2D eigenvalue weighted by atomic mass is 9.84. The number of ether oxygens (including phenoxy) is 1. The molecule has 1 heterocycles. The van der Waals surface area contributed by atoms with Crippen molar-refractivity contribution in [2.45, 2.75) is 38.9 Å². The van der Waals surface area contributed by atoms with E-state index in [2.05, 4.69) is 19.9 Å². The van der Waals surface area contributed by atoms with E-state index < -0.39 is 5.60 Å². The average molecular weight is 206 g/mol. The van der Waals surface area contributed by atoms with Gasteiger partial charge in [0.2, 0.25) is 0 Å². The molecule has 15 heavy (non-hydrogen) atoms. The number of rotatable bonds is 1. The van der Waals surface area contributed by atoms with Crippen LogP contribution in [-0.2, 0) is 10.3 Å². The predicted octanol–water partition coefficient (Wildman–Crippen LogP) is 2.30. The maximum absolute atomic E-state index is 10.6. The molecule has 1 fully saturated rings. The molecule has 0 radical (unpaired) electrons. The molecule has 0 aromatic heterocycles. The van der Waals surface area contributed by atoms with Gasteiger partial charge in [0.05, 0.1) is 12.7 Å². The fourth-order valence-corrected chi connectivity index (χ4v) is 2.31. The van der Waals surface area contributed by atoms with Gasteiger partial charge in [-0.05, 0) is 37.5 Å². The van der Waals surface area contributed by atoms with Crippen molar-refractivity contribution in [2.24, 2.45) is 0 Å². The normalized spacial score (nSPS) is 30.8. The molecule has 2 unspecified atom stereocenters. The minimum atomic E-state index is -0.796. The van der Waals surface area contributed by atoms with Gasteiger partial charge in [0.25, 0.3) is 0 Å². The van der Waals surface area contributed by atoms with Gasteiger partial charge in [0.1, 0.15) is 5.60 Å². The molecule has 0 bridgehead atoms. The second-order valence-corrected chi connectivity index (χ2v) is 4.43. The molecule has 1 N–H and O–H groups in total. The second kappa shape index (κ2) is 3.62. The van der Waals surface area contributed by atoms with Gasteiger partial charge in [-0.25, -0.2) is 0 Å². The summed E-state index contributed by atoms with van der Waals surface area (Å²) in [5.41, 5.74) is 2.63. The van der Waals surface area contributed by atoms with E-state index >= 15 is 0 Å². The zero-order valence-electron chi connectivity index (χ0n) is 9.58. The number of aryl methyl sites for hydroxylation is 1. The van der Waals surface area contributed by atoms with E-state index in [-0.39, 0.29) is 6.10 Å². The van der Waals surface area contributed by atoms with Crippen LogP contribution in [0.1, 0.15) is 30.0 Å². The number of benzene rings is 1. The first-order valence-electron chi connectivity index (χ1n) is 5.46. The monoisotopic (exact) mass is 206 g/mol. The average Bonchev–Trinajstić information content (AvgIpc) is 2.53. The molecule has 1 aromatic rings. The minimum Gasteiger partial charge on any atom is -0.382 e. The fraction of sp³-hybridized carbons (Fsp3) is 0.538. The standard InChI is InChI=1S/C13H18O2/c1-9-5-4-6-12(10(9)2)13(14)7-8-15-11(13)3/h4-6,11,14H,7-8H2,1-3H3. The molecule has 2 rings (SSSR count). The van der Waals surface area contributed by atoms with Gasteiger partial charge in [-0.2, -0.15) is 0 Å². The third-order valence-corrected chi connectivity index (χ3v) is 3.59. The van der Waals surface area contributed by atoms with Crippen LogP contribution in [0.3, 0.4) is 0 Å². The molecule has 82 valence electrons. The van der Waals surface area contributed by atoms with E-state index in [0.29, 0.717) is 13.0 Å². The first-order valence-corrected chi connectivity index (χ1v) is 5.46. The van der Waals surface area contributed by atoms with Crippen LogP contribution in [0.5, 0.6) is 0 Å². The highest BCUT2D eigenvalue weighted by atomic mass is 16.5. The molecule has 1 aliphatic rings. The van der Waals surface area contributed by atoms with Crippen molar-refractivity contribution in [3.63, 3.8) is 0 Å². The summed E-state index contributed by atoms with van der Waals surface area (Å²) in [7, 11) is 0. The molecule has 1 aliphatic heterocycles. The van der Waals surface area contributed by atoms with Crippen LogP contribution in [-0.4, -0.2) is 17.8 Å². The Hall–Kier alpha value is -0.860. The molecule has 0 aliphatic carbocycles. The molecule has 1 aromatic carbocycles. The van der Waals surface area contributed by atoms with Gasteiger partial charge < -0.3 is 9.84 Å². The van der Waals surface area contributed by atoms with Crippen molar-refractivity contribution in [3.8, 4) is 0 Å². The van der Waals surface area contributed by atoms with Gasteiger partial charge in [-0.1, -0.05) is 18.2 Å². The van der Waals surface area contributed by atoms with Crippen LogP contribution >= 0.6 is 0 Å². The van der Waals surface area contributed by atoms with E-state index in [0.717, 1.165) is 5.56 Å². The molecular weight excluding hydrogens is 188 g/mol. The fourth-order valence-electron chi connectivity index (χ4n) is 2.31. The molecular formula is C13H18O2. The molecule has 0 spiro atoms. The maximum Gasteiger partial charge on any atom is 0.118 e. The molecule has 2 nitrogen and oxygen atoms in total. The molecule has 1 saturated heterocycles. The zero-order chi connectivity index (χ0) is 11.1. The summed E-state index contributed by atoms with van der Waals surface area (Å²) in [5.74, 6) is 0. The highest BCUT2D eigenvalue weighted by Gasteiger charge is 2.41. The quantitative estimate of drug-likeness (QED) is 0.764. The Morgan fingerprint density at radius 2 is 2.13 bits per heavy atom. The van der Waals surface area contributed by atoms with Crippen molar-refractivity contribution in [1.82, 2.24) is 0 Å². The summed E-state index contributed by atoms with van der Waals surface area (Å²) in [6, 6.07) is 6.08. The Labute approximate surface area is 90.9 Å². The van der Waals surface area contributed by atoms with Gasteiger partial charge in [-0.15, -0.1) is 0 Å².